The van der Waals surface area contributed by atoms with Crippen LogP contribution in [0.1, 0.15) is 27.4 Å². The number of Topliss-reactive ketones (excluding diaryl/α,β-unsaturated/α-hetero) is 1. The molecule has 120 valence electrons. The maximum atomic E-state index is 14.0. The van der Waals surface area contributed by atoms with Gasteiger partial charge in [0.05, 0.1) is 17.4 Å². The summed E-state index contributed by atoms with van der Waals surface area (Å²) in [6.07, 6.45) is -4.52. The predicted octanol–water partition coefficient (Wildman–Crippen LogP) is 4.94. The molecule has 1 nitrogen and oxygen atoms in total. The van der Waals surface area contributed by atoms with Crippen LogP contribution in [0, 0.1) is 5.92 Å². The summed E-state index contributed by atoms with van der Waals surface area (Å²) in [6, 6.07) is 11.2. The average Bonchev–Trinajstić information content (AvgIpc) is 3.09. The summed E-state index contributed by atoms with van der Waals surface area (Å²) in [6.45, 7) is 0. The highest BCUT2D eigenvalue weighted by Gasteiger charge is 2.72. The van der Waals surface area contributed by atoms with Crippen molar-refractivity contribution >= 4 is 5.78 Å². The number of ketones is 1. The lowest BCUT2D eigenvalue weighted by Crippen LogP contribution is -2.07. The summed E-state index contributed by atoms with van der Waals surface area (Å²) in [5, 5.41) is 0. The van der Waals surface area contributed by atoms with E-state index in [-0.39, 0.29) is 11.1 Å². The number of carbonyl (C=O) groups is 1. The number of rotatable bonds is 3. The van der Waals surface area contributed by atoms with Gasteiger partial charge in [-0.2, -0.15) is 13.2 Å². The summed E-state index contributed by atoms with van der Waals surface area (Å²) >= 11 is 0. The first-order valence-corrected chi connectivity index (χ1v) is 6.87. The van der Waals surface area contributed by atoms with Crippen LogP contribution >= 0.6 is 0 Å². The van der Waals surface area contributed by atoms with Gasteiger partial charge >= 0.3 is 6.18 Å². The molecule has 2 unspecified atom stereocenters. The van der Waals surface area contributed by atoms with Crippen LogP contribution in [0.25, 0.3) is 0 Å². The minimum atomic E-state index is -4.52. The van der Waals surface area contributed by atoms with Crippen molar-refractivity contribution in [3.8, 4) is 0 Å². The van der Waals surface area contributed by atoms with E-state index in [2.05, 4.69) is 0 Å². The van der Waals surface area contributed by atoms with E-state index in [1.54, 1.807) is 18.2 Å². The molecule has 0 saturated heterocycles. The molecule has 0 amide bonds. The zero-order chi connectivity index (χ0) is 16.8. The van der Waals surface area contributed by atoms with Crippen molar-refractivity contribution in [2.75, 3.05) is 0 Å². The molecule has 0 spiro atoms. The van der Waals surface area contributed by atoms with E-state index in [0.29, 0.717) is 0 Å². The van der Waals surface area contributed by atoms with Crippen molar-refractivity contribution in [3.05, 3.63) is 71.3 Å². The number of hydrogen-bond acceptors (Lipinski definition) is 1. The summed E-state index contributed by atoms with van der Waals surface area (Å²) < 4.78 is 65.5. The van der Waals surface area contributed by atoms with Crippen LogP contribution in [-0.4, -0.2) is 11.7 Å². The third-order valence-corrected chi connectivity index (χ3v) is 3.99. The van der Waals surface area contributed by atoms with Crippen molar-refractivity contribution < 1.29 is 26.7 Å². The maximum absolute atomic E-state index is 14.0. The lowest BCUT2D eigenvalue weighted by atomic mass is 10.0. The molecule has 0 heterocycles. The number of hydrogen-bond donors (Lipinski definition) is 0. The van der Waals surface area contributed by atoms with Gasteiger partial charge in [-0.05, 0) is 17.7 Å². The molecule has 23 heavy (non-hydrogen) atoms. The Morgan fingerprint density at radius 3 is 2.00 bits per heavy atom. The quantitative estimate of drug-likeness (QED) is 0.577. The fourth-order valence-electron chi connectivity index (χ4n) is 2.73. The van der Waals surface area contributed by atoms with Crippen molar-refractivity contribution in [2.45, 2.75) is 18.0 Å². The van der Waals surface area contributed by atoms with Crippen LogP contribution in [0.4, 0.5) is 22.0 Å². The minimum absolute atomic E-state index is 0.0391. The molecule has 0 radical (unpaired) electrons. The zero-order valence-corrected chi connectivity index (χ0v) is 11.6. The molecule has 1 aliphatic rings. The van der Waals surface area contributed by atoms with Crippen LogP contribution in [0.2, 0.25) is 0 Å². The Morgan fingerprint density at radius 2 is 1.48 bits per heavy atom. The predicted molar refractivity (Wildman–Crippen MR) is 73.4 cm³/mol. The highest BCUT2D eigenvalue weighted by atomic mass is 19.4. The molecular formula is C17H11F5O. The van der Waals surface area contributed by atoms with E-state index >= 15 is 0 Å². The standard InChI is InChI=1S/C17H11F5O/c18-16(19)13(10-6-8-12(9-7-10)17(20,21)22)14(16)15(23)11-4-2-1-3-5-11/h1-9,13-14H. The van der Waals surface area contributed by atoms with Crippen molar-refractivity contribution in [1.29, 1.82) is 0 Å². The van der Waals surface area contributed by atoms with Gasteiger partial charge in [0, 0.05) is 5.56 Å². The normalized spacial score (nSPS) is 22.7. The lowest BCUT2D eigenvalue weighted by Gasteiger charge is -2.07. The van der Waals surface area contributed by atoms with Gasteiger partial charge in [-0.1, -0.05) is 42.5 Å². The molecule has 2 atom stereocenters. The Balaban J connectivity index is 1.85. The summed E-state index contributed by atoms with van der Waals surface area (Å²) in [4.78, 5) is 12.2. The minimum Gasteiger partial charge on any atom is -0.294 e. The van der Waals surface area contributed by atoms with E-state index in [4.69, 9.17) is 0 Å². The molecule has 6 heteroatoms. The van der Waals surface area contributed by atoms with Crippen LogP contribution in [0.15, 0.2) is 54.6 Å². The molecule has 0 bridgehead atoms. The summed E-state index contributed by atoms with van der Waals surface area (Å²) in [5.74, 6) is -6.84. The molecule has 3 rings (SSSR count). The summed E-state index contributed by atoms with van der Waals surface area (Å²) in [5.41, 5.74) is -0.694. The van der Waals surface area contributed by atoms with Crippen LogP contribution < -0.4 is 0 Å². The lowest BCUT2D eigenvalue weighted by molar-refractivity contribution is -0.137. The first-order chi connectivity index (χ1) is 10.7. The highest BCUT2D eigenvalue weighted by Crippen LogP contribution is 2.62. The number of benzene rings is 2. The Bertz CT molecular complexity index is 719. The van der Waals surface area contributed by atoms with E-state index in [9.17, 15) is 26.7 Å². The van der Waals surface area contributed by atoms with E-state index in [0.717, 1.165) is 24.3 Å². The third kappa shape index (κ3) is 2.73. The molecule has 2 aromatic rings. The van der Waals surface area contributed by atoms with E-state index in [1.165, 1.54) is 12.1 Å². The Labute approximate surface area is 128 Å². The molecule has 1 aliphatic carbocycles. The molecular weight excluding hydrogens is 315 g/mol. The largest absolute Gasteiger partial charge is 0.416 e. The van der Waals surface area contributed by atoms with E-state index in [1.807, 2.05) is 0 Å². The van der Waals surface area contributed by atoms with Crippen LogP contribution in [0.3, 0.4) is 0 Å². The molecule has 0 aromatic heterocycles. The Hall–Kier alpha value is -2.24. The van der Waals surface area contributed by atoms with Gasteiger partial charge in [0.1, 0.15) is 0 Å². The van der Waals surface area contributed by atoms with Crippen LogP contribution in [-0.2, 0) is 6.18 Å². The first kappa shape index (κ1) is 15.6. The number of carbonyl (C=O) groups excluding carboxylic acids is 1. The number of halogens is 5. The Kier molecular flexibility index (Phi) is 3.50. The fourth-order valence-corrected chi connectivity index (χ4v) is 2.73. The molecule has 1 saturated carbocycles. The van der Waals surface area contributed by atoms with Gasteiger partial charge in [-0.15, -0.1) is 0 Å². The van der Waals surface area contributed by atoms with Crippen molar-refractivity contribution in [2.24, 2.45) is 5.92 Å². The van der Waals surface area contributed by atoms with Gasteiger partial charge < -0.3 is 0 Å². The van der Waals surface area contributed by atoms with Crippen molar-refractivity contribution in [1.82, 2.24) is 0 Å². The fraction of sp³-hybridized carbons (Fsp3) is 0.235. The first-order valence-electron chi connectivity index (χ1n) is 6.87. The molecule has 1 fully saturated rings. The third-order valence-electron chi connectivity index (χ3n) is 3.99. The van der Waals surface area contributed by atoms with Gasteiger partial charge in [0.2, 0.25) is 0 Å². The van der Waals surface area contributed by atoms with Crippen molar-refractivity contribution in [3.63, 3.8) is 0 Å². The van der Waals surface area contributed by atoms with Gasteiger partial charge in [0.25, 0.3) is 5.92 Å². The monoisotopic (exact) mass is 326 g/mol. The Morgan fingerprint density at radius 1 is 0.913 bits per heavy atom. The molecule has 0 N–H and O–H groups in total. The highest BCUT2D eigenvalue weighted by molar-refractivity contribution is 6.01. The number of alkyl halides is 5. The second kappa shape index (κ2) is 5.15. The molecule has 2 aromatic carbocycles. The molecule has 0 aliphatic heterocycles. The van der Waals surface area contributed by atoms with Gasteiger partial charge in [0.15, 0.2) is 5.78 Å². The zero-order valence-electron chi connectivity index (χ0n) is 11.6. The van der Waals surface area contributed by atoms with Gasteiger partial charge in [-0.3, -0.25) is 4.79 Å². The van der Waals surface area contributed by atoms with E-state index < -0.39 is 35.3 Å². The smallest absolute Gasteiger partial charge is 0.294 e. The SMILES string of the molecule is O=C(c1ccccc1)C1C(c2ccc(C(F)(F)F)cc2)C1(F)F. The average molecular weight is 326 g/mol. The van der Waals surface area contributed by atoms with Gasteiger partial charge in [-0.25, -0.2) is 8.78 Å². The maximum Gasteiger partial charge on any atom is 0.416 e. The second-order valence-electron chi connectivity index (χ2n) is 5.48. The topological polar surface area (TPSA) is 17.1 Å². The summed E-state index contributed by atoms with van der Waals surface area (Å²) in [7, 11) is 0. The second-order valence-corrected chi connectivity index (χ2v) is 5.48. The van der Waals surface area contributed by atoms with Crippen LogP contribution in [0.5, 0.6) is 0 Å².